The third-order valence-electron chi connectivity index (χ3n) is 3.85. The molecular weight excluding hydrogens is 343 g/mol. The van der Waals surface area contributed by atoms with Gasteiger partial charge in [0.25, 0.3) is 5.56 Å². The Morgan fingerprint density at radius 1 is 1.40 bits per heavy atom. The van der Waals surface area contributed by atoms with Crippen molar-refractivity contribution in [3.8, 4) is 6.07 Å². The summed E-state index contributed by atoms with van der Waals surface area (Å²) in [6, 6.07) is 7.43. The van der Waals surface area contributed by atoms with Gasteiger partial charge in [0.15, 0.2) is 5.92 Å². The maximum absolute atomic E-state index is 13.7. The van der Waals surface area contributed by atoms with Gasteiger partial charge in [0, 0.05) is 4.88 Å². The predicted molar refractivity (Wildman–Crippen MR) is 93.1 cm³/mol. The molecule has 8 heteroatoms. The van der Waals surface area contributed by atoms with Crippen LogP contribution in [0.2, 0.25) is 0 Å². The molecule has 1 aromatic carbocycles. The maximum atomic E-state index is 13.7. The predicted octanol–water partition coefficient (Wildman–Crippen LogP) is 2.99. The number of amides is 1. The number of nitrogens with zero attached hydrogens (tertiary/aromatic N) is 2. The van der Waals surface area contributed by atoms with Gasteiger partial charge in [0.1, 0.15) is 16.5 Å². The summed E-state index contributed by atoms with van der Waals surface area (Å²) in [6.07, 6.45) is 0. The normalized spacial score (nSPS) is 11.9. The summed E-state index contributed by atoms with van der Waals surface area (Å²) in [6.45, 7) is 3.69. The van der Waals surface area contributed by atoms with Gasteiger partial charge in [-0.05, 0) is 31.5 Å². The Bertz CT molecular complexity index is 1080. The smallest absolute Gasteiger partial charge is 0.259 e. The van der Waals surface area contributed by atoms with Gasteiger partial charge >= 0.3 is 0 Å². The van der Waals surface area contributed by atoms with Gasteiger partial charge in [-0.25, -0.2) is 9.37 Å². The van der Waals surface area contributed by atoms with Crippen LogP contribution in [0, 0.1) is 31.0 Å². The van der Waals surface area contributed by atoms with Crippen LogP contribution in [0.15, 0.2) is 29.1 Å². The number of rotatable bonds is 3. The number of hydrogen-bond acceptors (Lipinski definition) is 5. The molecule has 0 aliphatic rings. The number of benzene rings is 1. The first-order valence-electron chi connectivity index (χ1n) is 7.37. The molecule has 1 atom stereocenters. The van der Waals surface area contributed by atoms with E-state index in [1.807, 2.05) is 19.9 Å². The van der Waals surface area contributed by atoms with Crippen molar-refractivity contribution in [2.45, 2.75) is 19.8 Å². The number of aromatic amines is 1. The summed E-state index contributed by atoms with van der Waals surface area (Å²) in [5, 5.41) is 12.2. The van der Waals surface area contributed by atoms with Crippen LogP contribution in [-0.2, 0) is 4.79 Å². The molecular formula is C17H13FN4O2S. The minimum Gasteiger partial charge on any atom is -0.322 e. The Kier molecular flexibility index (Phi) is 4.33. The summed E-state index contributed by atoms with van der Waals surface area (Å²) < 4.78 is 13.7. The zero-order chi connectivity index (χ0) is 18.1. The number of fused-ring (bicyclic) bond motifs is 1. The highest BCUT2D eigenvalue weighted by Crippen LogP contribution is 2.27. The van der Waals surface area contributed by atoms with E-state index in [4.69, 9.17) is 0 Å². The van der Waals surface area contributed by atoms with E-state index in [1.165, 1.54) is 29.5 Å². The molecule has 0 saturated carbocycles. The molecule has 0 aliphatic heterocycles. The van der Waals surface area contributed by atoms with E-state index in [2.05, 4.69) is 15.3 Å². The molecule has 0 bridgehead atoms. The third kappa shape index (κ3) is 3.02. The Morgan fingerprint density at radius 3 is 2.80 bits per heavy atom. The number of carbonyl (C=O) groups is 1. The second kappa shape index (κ2) is 6.45. The summed E-state index contributed by atoms with van der Waals surface area (Å²) >= 11 is 1.32. The number of nitriles is 1. The lowest BCUT2D eigenvalue weighted by Gasteiger charge is -2.10. The van der Waals surface area contributed by atoms with Crippen molar-refractivity contribution in [1.29, 1.82) is 5.26 Å². The van der Waals surface area contributed by atoms with E-state index >= 15 is 0 Å². The van der Waals surface area contributed by atoms with Crippen molar-refractivity contribution in [2.75, 3.05) is 5.32 Å². The van der Waals surface area contributed by atoms with Crippen LogP contribution in [0.5, 0.6) is 0 Å². The zero-order valence-electron chi connectivity index (χ0n) is 13.4. The van der Waals surface area contributed by atoms with Gasteiger partial charge in [0.2, 0.25) is 5.91 Å². The van der Waals surface area contributed by atoms with Gasteiger partial charge < -0.3 is 10.3 Å². The zero-order valence-corrected chi connectivity index (χ0v) is 14.2. The van der Waals surface area contributed by atoms with Crippen LogP contribution in [-0.4, -0.2) is 15.9 Å². The molecule has 0 radical (unpaired) electrons. The SMILES string of the molecule is Cc1sc2nc(C(C#N)C(=O)Nc3ccccc3F)[nH]c(=O)c2c1C. The number of halogens is 1. The van der Waals surface area contributed by atoms with Crippen LogP contribution in [0.25, 0.3) is 10.2 Å². The van der Waals surface area contributed by atoms with E-state index in [1.54, 1.807) is 6.07 Å². The molecule has 3 aromatic rings. The number of nitrogens with one attached hydrogen (secondary N) is 2. The summed E-state index contributed by atoms with van der Waals surface area (Å²) in [5.74, 6) is -2.80. The molecule has 2 N–H and O–H groups in total. The quantitative estimate of drug-likeness (QED) is 0.753. The molecule has 0 spiro atoms. The highest BCUT2D eigenvalue weighted by molar-refractivity contribution is 7.18. The first kappa shape index (κ1) is 16.8. The van der Waals surface area contributed by atoms with Crippen LogP contribution in [0.4, 0.5) is 10.1 Å². The van der Waals surface area contributed by atoms with E-state index in [-0.39, 0.29) is 11.5 Å². The number of aryl methyl sites for hydroxylation is 2. The number of H-pyrrole nitrogens is 1. The fourth-order valence-electron chi connectivity index (χ4n) is 2.42. The maximum Gasteiger partial charge on any atom is 0.259 e. The summed E-state index contributed by atoms with van der Waals surface area (Å²) in [5.41, 5.74) is 0.379. The average molecular weight is 356 g/mol. The molecule has 0 fully saturated rings. The molecule has 0 saturated heterocycles. The molecule has 1 amide bonds. The number of aromatic nitrogens is 2. The Hall–Kier alpha value is -3.05. The lowest BCUT2D eigenvalue weighted by Crippen LogP contribution is -2.24. The van der Waals surface area contributed by atoms with Crippen molar-refractivity contribution in [1.82, 2.24) is 9.97 Å². The molecule has 0 aliphatic carbocycles. The van der Waals surface area contributed by atoms with Crippen molar-refractivity contribution in [3.05, 3.63) is 56.7 Å². The number of carbonyl (C=O) groups excluding carboxylic acids is 1. The van der Waals surface area contributed by atoms with Gasteiger partial charge in [0.05, 0.1) is 17.1 Å². The Morgan fingerprint density at radius 2 is 2.12 bits per heavy atom. The largest absolute Gasteiger partial charge is 0.322 e. The second-order valence-corrected chi connectivity index (χ2v) is 6.65. The fraction of sp³-hybridized carbons (Fsp3) is 0.176. The minimum atomic E-state index is -1.36. The molecule has 2 heterocycles. The molecule has 126 valence electrons. The summed E-state index contributed by atoms with van der Waals surface area (Å²) in [4.78, 5) is 32.8. The molecule has 25 heavy (non-hydrogen) atoms. The Labute approximate surface area is 146 Å². The standard InChI is InChI=1S/C17H13FN4O2S/c1-8-9(2)25-17-13(8)16(24)21-14(22-17)10(7-19)15(23)20-12-6-4-3-5-11(12)18/h3-6,10H,1-2H3,(H,20,23)(H,21,22,24). The first-order chi connectivity index (χ1) is 11.9. The van der Waals surface area contributed by atoms with Crippen molar-refractivity contribution in [2.24, 2.45) is 0 Å². The molecule has 2 aromatic heterocycles. The van der Waals surface area contributed by atoms with E-state index < -0.39 is 23.2 Å². The van der Waals surface area contributed by atoms with Gasteiger partial charge in [-0.15, -0.1) is 11.3 Å². The molecule has 6 nitrogen and oxygen atoms in total. The Balaban J connectivity index is 2.00. The number of thiophene rings is 1. The number of anilines is 1. The highest BCUT2D eigenvalue weighted by atomic mass is 32.1. The number of hydrogen-bond donors (Lipinski definition) is 2. The van der Waals surface area contributed by atoms with Crippen LogP contribution < -0.4 is 10.9 Å². The van der Waals surface area contributed by atoms with Gasteiger partial charge in [-0.3, -0.25) is 9.59 Å². The molecule has 3 rings (SSSR count). The third-order valence-corrected chi connectivity index (χ3v) is 4.95. The lowest BCUT2D eigenvalue weighted by atomic mass is 10.1. The topological polar surface area (TPSA) is 98.6 Å². The average Bonchev–Trinajstić information content (AvgIpc) is 2.85. The van der Waals surface area contributed by atoms with Crippen LogP contribution >= 0.6 is 11.3 Å². The van der Waals surface area contributed by atoms with Crippen molar-refractivity contribution in [3.63, 3.8) is 0 Å². The lowest BCUT2D eigenvalue weighted by molar-refractivity contribution is -0.116. The first-order valence-corrected chi connectivity index (χ1v) is 8.19. The van der Waals surface area contributed by atoms with Gasteiger partial charge in [-0.2, -0.15) is 5.26 Å². The van der Waals surface area contributed by atoms with E-state index in [0.29, 0.717) is 10.2 Å². The summed E-state index contributed by atoms with van der Waals surface area (Å²) in [7, 11) is 0. The van der Waals surface area contributed by atoms with E-state index in [9.17, 15) is 19.2 Å². The minimum absolute atomic E-state index is 0.0426. The van der Waals surface area contributed by atoms with E-state index in [0.717, 1.165) is 10.4 Å². The highest BCUT2D eigenvalue weighted by Gasteiger charge is 2.25. The second-order valence-electron chi connectivity index (χ2n) is 5.45. The monoisotopic (exact) mass is 356 g/mol. The van der Waals surface area contributed by atoms with Crippen molar-refractivity contribution < 1.29 is 9.18 Å². The fourth-order valence-corrected chi connectivity index (χ4v) is 3.46. The van der Waals surface area contributed by atoms with Crippen LogP contribution in [0.3, 0.4) is 0 Å². The molecule has 1 unspecified atom stereocenters. The van der Waals surface area contributed by atoms with Crippen molar-refractivity contribution >= 4 is 33.1 Å². The van der Waals surface area contributed by atoms with Crippen LogP contribution in [0.1, 0.15) is 22.2 Å². The number of para-hydroxylation sites is 1. The van der Waals surface area contributed by atoms with Gasteiger partial charge in [-0.1, -0.05) is 12.1 Å².